The fraction of sp³-hybridized carbons (Fsp3) is 0.308. The monoisotopic (exact) mass is 456 g/mol. The van der Waals surface area contributed by atoms with Crippen molar-refractivity contribution < 1.29 is 9.53 Å². The second-order valence-corrected chi connectivity index (χ2v) is 8.99. The minimum absolute atomic E-state index is 0.177. The van der Waals surface area contributed by atoms with Crippen LogP contribution >= 0.6 is 0 Å². The molecule has 4 aromatic rings. The van der Waals surface area contributed by atoms with Gasteiger partial charge in [0, 0.05) is 30.1 Å². The van der Waals surface area contributed by atoms with Crippen LogP contribution < -0.4 is 15.8 Å². The van der Waals surface area contributed by atoms with E-state index in [2.05, 4.69) is 27.3 Å². The van der Waals surface area contributed by atoms with Gasteiger partial charge < -0.3 is 15.8 Å². The molecule has 1 aromatic carbocycles. The average molecular weight is 457 g/mol. The molecule has 8 heteroatoms. The third-order valence-corrected chi connectivity index (χ3v) is 6.37. The number of anilines is 1. The minimum Gasteiger partial charge on any atom is -0.490 e. The molecule has 8 nitrogen and oxygen atoms in total. The molecule has 1 fully saturated rings. The predicted molar refractivity (Wildman–Crippen MR) is 130 cm³/mol. The first kappa shape index (κ1) is 21.9. The third-order valence-electron chi connectivity index (χ3n) is 6.37. The molecule has 0 spiro atoms. The first-order chi connectivity index (χ1) is 16.5. The van der Waals surface area contributed by atoms with Crippen molar-refractivity contribution >= 4 is 17.5 Å². The predicted octanol–water partition coefficient (Wildman–Crippen LogP) is 4.18. The van der Waals surface area contributed by atoms with Gasteiger partial charge in [-0.15, -0.1) is 5.10 Å². The van der Waals surface area contributed by atoms with Crippen LogP contribution in [0.3, 0.4) is 0 Å². The highest BCUT2D eigenvalue weighted by atomic mass is 16.5. The average Bonchev–Trinajstić information content (AvgIpc) is 3.41. The molecule has 0 aliphatic heterocycles. The fourth-order valence-electron chi connectivity index (χ4n) is 4.48. The summed E-state index contributed by atoms with van der Waals surface area (Å²) in [6.45, 7) is 4.48. The Morgan fingerprint density at radius 3 is 2.88 bits per heavy atom. The largest absolute Gasteiger partial charge is 0.490 e. The van der Waals surface area contributed by atoms with Gasteiger partial charge in [0.25, 0.3) is 5.91 Å². The highest BCUT2D eigenvalue weighted by Gasteiger charge is 2.23. The van der Waals surface area contributed by atoms with Gasteiger partial charge in [-0.25, -0.2) is 4.52 Å². The Hall–Kier alpha value is -3.94. The number of nitrogens with two attached hydrogens (primary N) is 1. The highest BCUT2D eigenvalue weighted by Crippen LogP contribution is 2.30. The molecule has 0 saturated heterocycles. The van der Waals surface area contributed by atoms with Crippen molar-refractivity contribution in [2.24, 2.45) is 5.92 Å². The topological polar surface area (TPSA) is 107 Å². The van der Waals surface area contributed by atoms with Gasteiger partial charge in [0.15, 0.2) is 5.65 Å². The Morgan fingerprint density at radius 2 is 2.06 bits per heavy atom. The van der Waals surface area contributed by atoms with Crippen LogP contribution in [-0.2, 0) is 6.54 Å². The van der Waals surface area contributed by atoms with Gasteiger partial charge in [-0.1, -0.05) is 25.1 Å². The van der Waals surface area contributed by atoms with Crippen LogP contribution in [0.5, 0.6) is 5.75 Å². The summed E-state index contributed by atoms with van der Waals surface area (Å²) < 4.78 is 7.88. The summed E-state index contributed by atoms with van der Waals surface area (Å²) in [5.41, 5.74) is 10.2. The highest BCUT2D eigenvalue weighted by molar-refractivity contribution is 5.96. The van der Waals surface area contributed by atoms with E-state index in [1.54, 1.807) is 16.9 Å². The lowest BCUT2D eigenvalue weighted by Gasteiger charge is -2.17. The second kappa shape index (κ2) is 9.13. The third kappa shape index (κ3) is 4.57. The molecule has 2 atom stereocenters. The van der Waals surface area contributed by atoms with Crippen LogP contribution in [0.15, 0.2) is 54.9 Å². The van der Waals surface area contributed by atoms with Gasteiger partial charge >= 0.3 is 0 Å². The molecule has 5 rings (SSSR count). The molecule has 3 heterocycles. The second-order valence-electron chi connectivity index (χ2n) is 8.99. The minimum atomic E-state index is -0.177. The number of aromatic nitrogens is 4. The lowest BCUT2D eigenvalue weighted by molar-refractivity contribution is 0.0949. The number of pyridine rings is 2. The van der Waals surface area contributed by atoms with Crippen molar-refractivity contribution in [2.45, 2.75) is 45.8 Å². The summed E-state index contributed by atoms with van der Waals surface area (Å²) in [5, 5.41) is 7.14. The van der Waals surface area contributed by atoms with Crippen LogP contribution in [0.2, 0.25) is 0 Å². The number of fused-ring (bicyclic) bond motifs is 1. The molecule has 2 unspecified atom stereocenters. The zero-order chi connectivity index (χ0) is 23.7. The lowest BCUT2D eigenvalue weighted by Crippen LogP contribution is -2.24. The summed E-state index contributed by atoms with van der Waals surface area (Å²) in [6, 6.07) is 13.5. The number of hydrogen-bond acceptors (Lipinski definition) is 6. The molecule has 174 valence electrons. The smallest absolute Gasteiger partial charge is 0.253 e. The maximum absolute atomic E-state index is 13.1. The Labute approximate surface area is 198 Å². The molecular formula is C26H28N6O2. The zero-order valence-electron chi connectivity index (χ0n) is 19.4. The zero-order valence-corrected chi connectivity index (χ0v) is 19.4. The van der Waals surface area contributed by atoms with Crippen LogP contribution in [0, 0.1) is 12.8 Å². The van der Waals surface area contributed by atoms with Crippen molar-refractivity contribution in [3.05, 3.63) is 71.7 Å². The van der Waals surface area contributed by atoms with Crippen molar-refractivity contribution in [2.75, 3.05) is 5.73 Å². The molecule has 0 radical (unpaired) electrons. The Bertz CT molecular complexity index is 1350. The van der Waals surface area contributed by atoms with Crippen molar-refractivity contribution in [3.8, 4) is 16.9 Å². The van der Waals surface area contributed by atoms with E-state index in [0.29, 0.717) is 29.4 Å². The first-order valence-corrected chi connectivity index (χ1v) is 11.6. The number of benzene rings is 1. The summed E-state index contributed by atoms with van der Waals surface area (Å²) in [5.74, 6) is 1.57. The maximum atomic E-state index is 13.1. The normalized spacial score (nSPS) is 17.7. The molecule has 1 amide bonds. The van der Waals surface area contributed by atoms with E-state index in [1.807, 2.05) is 49.4 Å². The molecule has 1 aliphatic rings. The molecule has 1 saturated carbocycles. The summed E-state index contributed by atoms with van der Waals surface area (Å²) in [6.07, 6.45) is 7.13. The number of nitrogens with one attached hydrogen (secondary N) is 1. The number of rotatable bonds is 6. The Balaban J connectivity index is 1.32. The van der Waals surface area contributed by atoms with E-state index in [9.17, 15) is 4.79 Å². The summed E-state index contributed by atoms with van der Waals surface area (Å²) >= 11 is 0. The van der Waals surface area contributed by atoms with Crippen LogP contribution in [0.4, 0.5) is 5.95 Å². The number of nitrogens with zero attached hydrogens (tertiary/aromatic N) is 4. The quantitative estimate of drug-likeness (QED) is 0.451. The van der Waals surface area contributed by atoms with Gasteiger partial charge in [0.2, 0.25) is 5.95 Å². The van der Waals surface area contributed by atoms with Crippen LogP contribution in [0.25, 0.3) is 16.8 Å². The SMILES string of the molecule is Cc1ncc(-c2ccn3nc(N)nc3c2)cc1C(=O)NCc1ccccc1OC1CCC(C)C1. The number of aryl methyl sites for hydroxylation is 1. The molecule has 0 bridgehead atoms. The lowest BCUT2D eigenvalue weighted by atomic mass is 10.0. The van der Waals surface area contributed by atoms with Crippen molar-refractivity contribution in [1.82, 2.24) is 24.9 Å². The number of amides is 1. The molecule has 34 heavy (non-hydrogen) atoms. The van der Waals surface area contributed by atoms with E-state index in [1.165, 1.54) is 6.42 Å². The van der Waals surface area contributed by atoms with Gasteiger partial charge in [-0.2, -0.15) is 4.98 Å². The van der Waals surface area contributed by atoms with Crippen molar-refractivity contribution in [1.29, 1.82) is 0 Å². The van der Waals surface area contributed by atoms with E-state index in [4.69, 9.17) is 10.5 Å². The molecule has 3 N–H and O–H groups in total. The molecule has 1 aliphatic carbocycles. The van der Waals surface area contributed by atoms with Gasteiger partial charge in [0.05, 0.1) is 17.4 Å². The Morgan fingerprint density at radius 1 is 1.21 bits per heavy atom. The number of hydrogen-bond donors (Lipinski definition) is 2. The van der Waals surface area contributed by atoms with E-state index in [0.717, 1.165) is 35.3 Å². The summed E-state index contributed by atoms with van der Waals surface area (Å²) in [4.78, 5) is 21.8. The van der Waals surface area contributed by atoms with E-state index < -0.39 is 0 Å². The van der Waals surface area contributed by atoms with Gasteiger partial charge in [-0.3, -0.25) is 9.78 Å². The number of carbonyl (C=O) groups excluding carboxylic acids is 1. The van der Waals surface area contributed by atoms with Gasteiger partial charge in [0.1, 0.15) is 5.75 Å². The van der Waals surface area contributed by atoms with E-state index in [-0.39, 0.29) is 18.0 Å². The number of nitrogen functional groups attached to an aromatic ring is 1. The van der Waals surface area contributed by atoms with Crippen LogP contribution in [0.1, 0.15) is 47.8 Å². The number of para-hydroxylation sites is 1. The molecule has 3 aromatic heterocycles. The van der Waals surface area contributed by atoms with Gasteiger partial charge in [-0.05, 0) is 61.9 Å². The Kier molecular flexibility index (Phi) is 5.88. The number of carbonyl (C=O) groups is 1. The fourth-order valence-corrected chi connectivity index (χ4v) is 4.48. The van der Waals surface area contributed by atoms with Crippen LogP contribution in [-0.4, -0.2) is 31.6 Å². The molecular weight excluding hydrogens is 428 g/mol. The standard InChI is InChI=1S/C26H28N6O2/c1-16-7-8-21(11-16)34-23-6-4-3-5-19(23)14-29-25(33)22-12-20(15-28-17(22)2)18-9-10-32-24(13-18)30-26(27)31-32/h3-6,9-10,12-13,15-16,21H,7-8,11,14H2,1-2H3,(H2,27,31)(H,29,33). The first-order valence-electron chi connectivity index (χ1n) is 11.6. The summed E-state index contributed by atoms with van der Waals surface area (Å²) in [7, 11) is 0. The van der Waals surface area contributed by atoms with Crippen molar-refractivity contribution in [3.63, 3.8) is 0 Å². The van der Waals surface area contributed by atoms with E-state index >= 15 is 0 Å². The maximum Gasteiger partial charge on any atom is 0.253 e. The number of ether oxygens (including phenoxy) is 1.